The maximum atomic E-state index is 12.2. The Labute approximate surface area is 122 Å². The number of fused-ring (bicyclic) bond motifs is 3. The van der Waals surface area contributed by atoms with Crippen LogP contribution in [-0.4, -0.2) is 15.3 Å². The van der Waals surface area contributed by atoms with Crippen molar-refractivity contribution in [1.82, 2.24) is 9.38 Å². The minimum atomic E-state index is -0.0943. The van der Waals surface area contributed by atoms with E-state index in [0.717, 1.165) is 21.0 Å². The Morgan fingerprint density at radius 3 is 2.95 bits per heavy atom. The number of para-hydroxylation sites is 1. The summed E-state index contributed by atoms with van der Waals surface area (Å²) in [4.78, 5) is 19.3. The zero-order valence-corrected chi connectivity index (χ0v) is 11.9. The molecule has 4 aromatic rings. The summed E-state index contributed by atoms with van der Waals surface area (Å²) in [6, 6.07) is 11.3. The third-order valence-electron chi connectivity index (χ3n) is 3.00. The molecule has 0 unspecified atom stereocenters. The van der Waals surface area contributed by atoms with Gasteiger partial charge in [-0.1, -0.05) is 18.2 Å². The summed E-state index contributed by atoms with van der Waals surface area (Å²) in [7, 11) is 0. The first kappa shape index (κ1) is 11.6. The summed E-state index contributed by atoms with van der Waals surface area (Å²) in [6.45, 7) is 0. The average molecular weight is 299 g/mol. The molecule has 0 radical (unpaired) electrons. The number of thiazole rings is 1. The molecule has 1 aromatic carbocycles. The molecule has 4 rings (SSSR count). The third kappa shape index (κ3) is 1.81. The Morgan fingerprint density at radius 2 is 2.10 bits per heavy atom. The van der Waals surface area contributed by atoms with Gasteiger partial charge in [0, 0.05) is 17.3 Å². The molecule has 0 saturated heterocycles. The van der Waals surface area contributed by atoms with Crippen molar-refractivity contribution in [3.8, 4) is 0 Å². The van der Waals surface area contributed by atoms with Gasteiger partial charge in [-0.2, -0.15) is 0 Å². The molecule has 20 heavy (non-hydrogen) atoms. The lowest BCUT2D eigenvalue weighted by Crippen LogP contribution is -2.09. The first-order chi connectivity index (χ1) is 9.81. The standard InChI is InChI=1S/C14H9N3OS2/c18-12(15-9-4-2-1-3-5-9)11-8-10-13(20-11)16-14-17(10)6-7-19-14/h1-8H,(H,15,18). The Balaban J connectivity index is 1.70. The maximum Gasteiger partial charge on any atom is 0.265 e. The topological polar surface area (TPSA) is 46.4 Å². The van der Waals surface area contributed by atoms with Crippen LogP contribution >= 0.6 is 22.7 Å². The van der Waals surface area contributed by atoms with Crippen molar-refractivity contribution in [1.29, 1.82) is 0 Å². The number of aromatic nitrogens is 2. The van der Waals surface area contributed by atoms with Crippen molar-refractivity contribution in [3.63, 3.8) is 0 Å². The van der Waals surface area contributed by atoms with Gasteiger partial charge in [0.25, 0.3) is 5.91 Å². The molecule has 6 heteroatoms. The summed E-state index contributed by atoms with van der Waals surface area (Å²) >= 11 is 3.01. The fourth-order valence-corrected chi connectivity index (χ4v) is 3.77. The largest absolute Gasteiger partial charge is 0.321 e. The summed E-state index contributed by atoms with van der Waals surface area (Å²) in [5.41, 5.74) is 1.79. The highest BCUT2D eigenvalue weighted by molar-refractivity contribution is 7.21. The molecular formula is C14H9N3OS2. The predicted octanol–water partition coefficient (Wildman–Crippen LogP) is 3.86. The number of carbonyl (C=O) groups excluding carboxylic acids is 1. The van der Waals surface area contributed by atoms with Crippen LogP contribution in [0.3, 0.4) is 0 Å². The number of hydrogen-bond acceptors (Lipinski definition) is 4. The van der Waals surface area contributed by atoms with E-state index < -0.39 is 0 Å². The van der Waals surface area contributed by atoms with Crippen LogP contribution in [0.1, 0.15) is 9.67 Å². The van der Waals surface area contributed by atoms with E-state index in [1.54, 1.807) is 11.3 Å². The van der Waals surface area contributed by atoms with Crippen molar-refractivity contribution in [3.05, 3.63) is 52.9 Å². The smallest absolute Gasteiger partial charge is 0.265 e. The van der Waals surface area contributed by atoms with E-state index in [-0.39, 0.29) is 5.91 Å². The van der Waals surface area contributed by atoms with Crippen molar-refractivity contribution >= 4 is 49.6 Å². The van der Waals surface area contributed by atoms with E-state index in [2.05, 4.69) is 10.3 Å². The molecule has 0 aliphatic heterocycles. The molecule has 1 amide bonds. The predicted molar refractivity (Wildman–Crippen MR) is 82.8 cm³/mol. The Bertz CT molecular complexity index is 904. The average Bonchev–Trinajstić information content (AvgIpc) is 3.10. The lowest BCUT2D eigenvalue weighted by molar-refractivity contribution is 0.103. The number of amides is 1. The highest BCUT2D eigenvalue weighted by Crippen LogP contribution is 2.28. The fraction of sp³-hybridized carbons (Fsp3) is 0. The SMILES string of the molecule is O=C(Nc1ccccc1)c1cc2c(nc3sccn32)s1. The van der Waals surface area contributed by atoms with E-state index in [1.165, 1.54) is 11.3 Å². The third-order valence-corrected chi connectivity index (χ3v) is 4.77. The van der Waals surface area contributed by atoms with Crippen LogP contribution in [0.2, 0.25) is 0 Å². The second kappa shape index (κ2) is 4.43. The van der Waals surface area contributed by atoms with Gasteiger partial charge in [-0.25, -0.2) is 4.98 Å². The first-order valence-electron chi connectivity index (χ1n) is 6.03. The molecule has 4 nitrogen and oxygen atoms in total. The molecular weight excluding hydrogens is 290 g/mol. The molecule has 0 atom stereocenters. The molecule has 3 aromatic heterocycles. The van der Waals surface area contributed by atoms with Gasteiger partial charge in [0.2, 0.25) is 0 Å². The molecule has 0 aliphatic carbocycles. The number of nitrogens with one attached hydrogen (secondary N) is 1. The van der Waals surface area contributed by atoms with E-state index in [9.17, 15) is 4.79 Å². The first-order valence-corrected chi connectivity index (χ1v) is 7.72. The van der Waals surface area contributed by atoms with Crippen LogP contribution < -0.4 is 5.32 Å². The molecule has 0 saturated carbocycles. The molecule has 1 N–H and O–H groups in total. The zero-order chi connectivity index (χ0) is 13.5. The lowest BCUT2D eigenvalue weighted by Gasteiger charge is -2.01. The van der Waals surface area contributed by atoms with Gasteiger partial charge in [-0.05, 0) is 18.2 Å². The molecule has 0 spiro atoms. The van der Waals surface area contributed by atoms with Gasteiger partial charge >= 0.3 is 0 Å². The number of rotatable bonds is 2. The number of thiophene rings is 1. The van der Waals surface area contributed by atoms with E-state index in [4.69, 9.17) is 0 Å². The fourth-order valence-electron chi connectivity index (χ4n) is 2.07. The summed E-state index contributed by atoms with van der Waals surface area (Å²) in [6.07, 6.45) is 1.97. The van der Waals surface area contributed by atoms with Crippen molar-refractivity contribution < 1.29 is 4.79 Å². The molecule has 0 fully saturated rings. The summed E-state index contributed by atoms with van der Waals surface area (Å²) in [5, 5.41) is 4.88. The van der Waals surface area contributed by atoms with Gasteiger partial charge in [0.15, 0.2) is 4.96 Å². The summed E-state index contributed by atoms with van der Waals surface area (Å²) < 4.78 is 2.01. The molecule has 0 aliphatic rings. The van der Waals surface area contributed by atoms with Crippen LogP contribution in [0.4, 0.5) is 5.69 Å². The highest BCUT2D eigenvalue weighted by atomic mass is 32.1. The van der Waals surface area contributed by atoms with Crippen molar-refractivity contribution in [2.45, 2.75) is 0 Å². The van der Waals surface area contributed by atoms with Crippen LogP contribution in [0.15, 0.2) is 48.0 Å². The van der Waals surface area contributed by atoms with Crippen LogP contribution in [0.25, 0.3) is 15.3 Å². The van der Waals surface area contributed by atoms with Crippen molar-refractivity contribution in [2.75, 3.05) is 5.32 Å². The summed E-state index contributed by atoms with van der Waals surface area (Å²) in [5.74, 6) is -0.0943. The number of anilines is 1. The van der Waals surface area contributed by atoms with Gasteiger partial charge in [-0.3, -0.25) is 9.20 Å². The number of nitrogens with zero attached hydrogens (tertiary/aromatic N) is 2. The zero-order valence-electron chi connectivity index (χ0n) is 10.2. The van der Waals surface area contributed by atoms with Crippen molar-refractivity contribution in [2.24, 2.45) is 0 Å². The highest BCUT2D eigenvalue weighted by Gasteiger charge is 2.14. The Kier molecular flexibility index (Phi) is 2.58. The quantitative estimate of drug-likeness (QED) is 0.611. The monoisotopic (exact) mass is 299 g/mol. The van der Waals surface area contributed by atoms with Crippen LogP contribution in [-0.2, 0) is 0 Å². The second-order valence-corrected chi connectivity index (χ2v) is 6.19. The van der Waals surface area contributed by atoms with Gasteiger partial charge in [0.05, 0.1) is 10.4 Å². The van der Waals surface area contributed by atoms with Gasteiger partial charge < -0.3 is 5.32 Å². The second-order valence-electron chi connectivity index (χ2n) is 4.29. The number of benzene rings is 1. The minimum absolute atomic E-state index is 0.0943. The molecule has 3 heterocycles. The van der Waals surface area contributed by atoms with Crippen LogP contribution in [0.5, 0.6) is 0 Å². The maximum absolute atomic E-state index is 12.2. The normalized spacial score (nSPS) is 11.2. The van der Waals surface area contributed by atoms with E-state index >= 15 is 0 Å². The van der Waals surface area contributed by atoms with Crippen LogP contribution in [0, 0.1) is 0 Å². The minimum Gasteiger partial charge on any atom is -0.321 e. The Hall–Kier alpha value is -2.18. The number of carbonyl (C=O) groups is 1. The Morgan fingerprint density at radius 1 is 1.25 bits per heavy atom. The molecule has 0 bridgehead atoms. The van der Waals surface area contributed by atoms with Gasteiger partial charge in [0.1, 0.15) is 4.83 Å². The van der Waals surface area contributed by atoms with Gasteiger partial charge in [-0.15, -0.1) is 22.7 Å². The molecule has 98 valence electrons. The number of hydrogen-bond donors (Lipinski definition) is 1. The number of imidazole rings is 1. The lowest BCUT2D eigenvalue weighted by atomic mass is 10.3. The van der Waals surface area contributed by atoms with E-state index in [0.29, 0.717) is 4.88 Å². The van der Waals surface area contributed by atoms with E-state index in [1.807, 2.05) is 52.4 Å².